The third-order valence-corrected chi connectivity index (χ3v) is 6.39. The molecule has 0 bridgehead atoms. The van der Waals surface area contributed by atoms with Gasteiger partial charge in [-0.25, -0.2) is 4.39 Å². The summed E-state index contributed by atoms with van der Waals surface area (Å²) in [6, 6.07) is 13.6. The van der Waals surface area contributed by atoms with Crippen LogP contribution in [-0.2, 0) is 6.54 Å². The molecule has 2 aromatic carbocycles. The van der Waals surface area contributed by atoms with E-state index in [1.807, 2.05) is 26.0 Å². The van der Waals surface area contributed by atoms with Crippen LogP contribution in [0.5, 0.6) is 5.75 Å². The second-order valence-electron chi connectivity index (χ2n) is 7.46. The maximum atomic E-state index is 14.2. The highest BCUT2D eigenvalue weighted by molar-refractivity contribution is 7.11. The molecule has 1 aliphatic rings. The fraction of sp³-hybridized carbons (Fsp3) is 0.250. The molecule has 8 heteroatoms. The van der Waals surface area contributed by atoms with Gasteiger partial charge in [-0.2, -0.15) is 0 Å². The summed E-state index contributed by atoms with van der Waals surface area (Å²) in [6.45, 7) is 5.15. The number of anilines is 2. The number of amides is 2. The molecule has 1 N–H and O–H groups in total. The maximum absolute atomic E-state index is 14.2. The lowest BCUT2D eigenvalue weighted by atomic mass is 10.1. The average molecular weight is 454 g/mol. The van der Waals surface area contributed by atoms with Crippen molar-refractivity contribution in [3.63, 3.8) is 0 Å². The number of ether oxygens (including phenoxy) is 1. The quantitative estimate of drug-likeness (QED) is 0.577. The topological polar surface area (TPSA) is 61.9 Å². The molecule has 0 radical (unpaired) electrons. The van der Waals surface area contributed by atoms with E-state index in [0.29, 0.717) is 30.1 Å². The van der Waals surface area contributed by atoms with E-state index >= 15 is 0 Å². The maximum Gasteiger partial charge on any atom is 0.264 e. The molecule has 0 spiro atoms. The summed E-state index contributed by atoms with van der Waals surface area (Å²) in [4.78, 5) is 31.5. The van der Waals surface area contributed by atoms with E-state index in [2.05, 4.69) is 5.32 Å². The van der Waals surface area contributed by atoms with E-state index in [4.69, 9.17) is 4.74 Å². The minimum absolute atomic E-state index is 0.00667. The molecule has 32 heavy (non-hydrogen) atoms. The smallest absolute Gasteiger partial charge is 0.264 e. The average Bonchev–Trinajstić information content (AvgIpc) is 3.22. The summed E-state index contributed by atoms with van der Waals surface area (Å²) in [7, 11) is 1.60. The van der Waals surface area contributed by atoms with Crippen molar-refractivity contribution in [2.24, 2.45) is 0 Å². The Hall–Kier alpha value is -3.39. The minimum atomic E-state index is -0.522. The summed E-state index contributed by atoms with van der Waals surface area (Å²) in [6.07, 6.45) is 0. The SMILES string of the molecule is CCN(Cc1ccc(C)s1)C(=O)c1ccc(N2COc3cc(NC)c(F)cc3C2=O)cc1. The third-order valence-electron chi connectivity index (χ3n) is 5.40. The molecule has 4 rings (SSSR count). The first kappa shape index (κ1) is 21.8. The first-order chi connectivity index (χ1) is 15.4. The second kappa shape index (κ2) is 9.00. The van der Waals surface area contributed by atoms with Crippen LogP contribution in [0.25, 0.3) is 0 Å². The summed E-state index contributed by atoms with van der Waals surface area (Å²) in [5.74, 6) is -0.605. The second-order valence-corrected chi connectivity index (χ2v) is 8.84. The molecular weight excluding hydrogens is 429 g/mol. The monoisotopic (exact) mass is 453 g/mol. The number of rotatable bonds is 6. The summed E-state index contributed by atoms with van der Waals surface area (Å²) in [5.41, 5.74) is 1.55. The van der Waals surface area contributed by atoms with E-state index < -0.39 is 5.82 Å². The zero-order valence-electron chi connectivity index (χ0n) is 18.1. The molecule has 3 aromatic rings. The number of hydrogen-bond acceptors (Lipinski definition) is 5. The van der Waals surface area contributed by atoms with E-state index in [1.165, 1.54) is 21.9 Å². The Balaban J connectivity index is 1.51. The number of carbonyl (C=O) groups is 2. The van der Waals surface area contributed by atoms with Gasteiger partial charge in [0.2, 0.25) is 0 Å². The Morgan fingerprint density at radius 1 is 1.22 bits per heavy atom. The van der Waals surface area contributed by atoms with Gasteiger partial charge in [0.25, 0.3) is 11.8 Å². The summed E-state index contributed by atoms with van der Waals surface area (Å²) >= 11 is 1.68. The van der Waals surface area contributed by atoms with E-state index in [0.717, 1.165) is 4.88 Å². The number of nitrogens with zero attached hydrogens (tertiary/aromatic N) is 2. The molecule has 0 aliphatic carbocycles. The number of fused-ring (bicyclic) bond motifs is 1. The fourth-order valence-electron chi connectivity index (χ4n) is 3.61. The normalized spacial score (nSPS) is 12.9. The van der Waals surface area contributed by atoms with Crippen LogP contribution in [0.4, 0.5) is 15.8 Å². The lowest BCUT2D eigenvalue weighted by molar-refractivity contribution is 0.0754. The minimum Gasteiger partial charge on any atom is -0.472 e. The number of halogens is 1. The van der Waals surface area contributed by atoms with E-state index in [-0.39, 0.29) is 29.8 Å². The van der Waals surface area contributed by atoms with Crippen molar-refractivity contribution in [1.29, 1.82) is 0 Å². The number of aryl methyl sites for hydroxylation is 1. The lowest BCUT2D eigenvalue weighted by Gasteiger charge is -2.29. The first-order valence-corrected chi connectivity index (χ1v) is 11.1. The number of benzene rings is 2. The summed E-state index contributed by atoms with van der Waals surface area (Å²) < 4.78 is 19.8. The standard InChI is InChI=1S/C24H24FN3O3S/c1-4-27(13-18-10-5-15(2)32-18)23(29)16-6-8-17(9-7-16)28-14-31-22-12-21(26-3)20(25)11-19(22)24(28)30/h5-12,26H,4,13-14H2,1-3H3. The fourth-order valence-corrected chi connectivity index (χ4v) is 4.52. The van der Waals surface area contributed by atoms with Crippen molar-refractivity contribution in [2.45, 2.75) is 20.4 Å². The Labute approximate surface area is 190 Å². The van der Waals surface area contributed by atoms with Crippen molar-refractivity contribution in [3.8, 4) is 5.75 Å². The van der Waals surface area contributed by atoms with Gasteiger partial charge >= 0.3 is 0 Å². The van der Waals surface area contributed by atoms with Gasteiger partial charge in [-0.05, 0) is 56.3 Å². The van der Waals surface area contributed by atoms with Crippen molar-refractivity contribution >= 4 is 34.5 Å². The van der Waals surface area contributed by atoms with Crippen molar-refractivity contribution in [1.82, 2.24) is 4.90 Å². The summed E-state index contributed by atoms with van der Waals surface area (Å²) in [5, 5.41) is 2.73. The molecule has 2 heterocycles. The van der Waals surface area contributed by atoms with Gasteiger partial charge in [0.1, 0.15) is 11.6 Å². The number of thiophene rings is 1. The Kier molecular flexibility index (Phi) is 6.14. The van der Waals surface area contributed by atoms with Crippen molar-refractivity contribution < 1.29 is 18.7 Å². The number of carbonyl (C=O) groups excluding carboxylic acids is 2. The van der Waals surface area contributed by atoms with Gasteiger partial charge in [-0.15, -0.1) is 11.3 Å². The van der Waals surface area contributed by atoms with Crippen LogP contribution >= 0.6 is 11.3 Å². The molecule has 0 saturated heterocycles. The van der Waals surface area contributed by atoms with Crippen LogP contribution in [-0.4, -0.2) is 37.0 Å². The number of nitrogens with one attached hydrogen (secondary N) is 1. The highest BCUT2D eigenvalue weighted by Gasteiger charge is 2.28. The van der Waals surface area contributed by atoms with Gasteiger partial charge in [0.15, 0.2) is 6.73 Å². The molecule has 0 fully saturated rings. The largest absolute Gasteiger partial charge is 0.472 e. The zero-order valence-corrected chi connectivity index (χ0v) is 19.0. The molecule has 6 nitrogen and oxygen atoms in total. The van der Waals surface area contributed by atoms with Crippen LogP contribution in [0.2, 0.25) is 0 Å². The van der Waals surface area contributed by atoms with Gasteiger partial charge in [0, 0.05) is 40.7 Å². The molecule has 166 valence electrons. The zero-order chi connectivity index (χ0) is 22.8. The first-order valence-electron chi connectivity index (χ1n) is 10.3. The highest BCUT2D eigenvalue weighted by atomic mass is 32.1. The van der Waals surface area contributed by atoms with Crippen LogP contribution in [0.3, 0.4) is 0 Å². The molecule has 0 unspecified atom stereocenters. The van der Waals surface area contributed by atoms with Gasteiger partial charge < -0.3 is 15.0 Å². The molecule has 1 aliphatic heterocycles. The van der Waals surface area contributed by atoms with Crippen molar-refractivity contribution in [2.75, 3.05) is 30.5 Å². The third kappa shape index (κ3) is 4.18. The Morgan fingerprint density at radius 2 is 1.97 bits per heavy atom. The van der Waals surface area contributed by atoms with Gasteiger partial charge in [-0.3, -0.25) is 14.5 Å². The highest BCUT2D eigenvalue weighted by Crippen LogP contribution is 2.32. The molecule has 2 amide bonds. The van der Waals surface area contributed by atoms with Crippen LogP contribution in [0.1, 0.15) is 37.4 Å². The van der Waals surface area contributed by atoms with E-state index in [9.17, 15) is 14.0 Å². The lowest BCUT2D eigenvalue weighted by Crippen LogP contribution is -2.39. The molecule has 0 saturated carbocycles. The van der Waals surface area contributed by atoms with Gasteiger partial charge in [0.05, 0.1) is 17.8 Å². The van der Waals surface area contributed by atoms with Gasteiger partial charge in [-0.1, -0.05) is 0 Å². The molecular formula is C24H24FN3O3S. The predicted molar refractivity (Wildman–Crippen MR) is 124 cm³/mol. The van der Waals surface area contributed by atoms with Crippen molar-refractivity contribution in [3.05, 3.63) is 75.2 Å². The van der Waals surface area contributed by atoms with Crippen LogP contribution in [0.15, 0.2) is 48.5 Å². The molecule has 1 aromatic heterocycles. The van der Waals surface area contributed by atoms with Crippen LogP contribution < -0.4 is 15.0 Å². The van der Waals surface area contributed by atoms with E-state index in [1.54, 1.807) is 47.5 Å². The number of hydrogen-bond donors (Lipinski definition) is 1. The molecule has 0 atom stereocenters. The van der Waals surface area contributed by atoms with Crippen LogP contribution in [0, 0.1) is 12.7 Å². The Bertz CT molecular complexity index is 1160. The predicted octanol–water partition coefficient (Wildman–Crippen LogP) is 4.90. The Morgan fingerprint density at radius 3 is 2.59 bits per heavy atom.